The summed E-state index contributed by atoms with van der Waals surface area (Å²) in [7, 11) is 0. The van der Waals surface area contributed by atoms with Gasteiger partial charge >= 0.3 is 0 Å². The Bertz CT molecular complexity index is 223. The lowest BCUT2D eigenvalue weighted by molar-refractivity contribution is 0.0230. The van der Waals surface area contributed by atoms with Crippen LogP contribution < -0.4 is 5.48 Å². The second-order valence-corrected chi connectivity index (χ2v) is 2.92. The van der Waals surface area contributed by atoms with Gasteiger partial charge in [-0.05, 0) is 18.9 Å². The van der Waals surface area contributed by atoms with Crippen molar-refractivity contribution < 1.29 is 4.84 Å². The van der Waals surface area contributed by atoms with Crippen LogP contribution in [-0.2, 0) is 4.84 Å². The van der Waals surface area contributed by atoms with Gasteiger partial charge < -0.3 is 4.84 Å². The molecule has 2 nitrogen and oxygen atoms in total. The van der Waals surface area contributed by atoms with Crippen LogP contribution in [0.25, 0.3) is 0 Å². The molecular weight excluding hydrogens is 162 g/mol. The molecule has 1 aromatic carbocycles. The summed E-state index contributed by atoms with van der Waals surface area (Å²) in [5, 5.41) is 0. The molecule has 0 radical (unpaired) electrons. The third-order valence-corrected chi connectivity index (χ3v) is 1.98. The zero-order chi connectivity index (χ0) is 9.52. The van der Waals surface area contributed by atoms with Crippen molar-refractivity contribution >= 4 is 0 Å². The highest BCUT2D eigenvalue weighted by Crippen LogP contribution is 2.15. The van der Waals surface area contributed by atoms with Gasteiger partial charge in [-0.2, -0.15) is 5.48 Å². The summed E-state index contributed by atoms with van der Waals surface area (Å²) in [6.07, 6.45) is 1.03. The summed E-state index contributed by atoms with van der Waals surface area (Å²) in [4.78, 5) is 5.19. The third kappa shape index (κ3) is 3.17. The van der Waals surface area contributed by atoms with Gasteiger partial charge in [0.25, 0.3) is 0 Å². The number of hydroxylamine groups is 1. The number of hydrogen-bond donors (Lipinski definition) is 1. The first-order valence-electron chi connectivity index (χ1n) is 4.80. The molecule has 0 aliphatic heterocycles. The zero-order valence-corrected chi connectivity index (χ0v) is 8.29. The summed E-state index contributed by atoms with van der Waals surface area (Å²) in [6, 6.07) is 10.6. The molecule has 2 heteroatoms. The number of benzene rings is 1. The van der Waals surface area contributed by atoms with E-state index in [0.29, 0.717) is 12.6 Å². The van der Waals surface area contributed by atoms with Crippen molar-refractivity contribution in [2.45, 2.75) is 26.3 Å². The van der Waals surface area contributed by atoms with Gasteiger partial charge in [-0.3, -0.25) is 0 Å². The van der Waals surface area contributed by atoms with Crippen molar-refractivity contribution in [1.82, 2.24) is 5.48 Å². The Labute approximate surface area is 79.9 Å². The van der Waals surface area contributed by atoms with E-state index in [1.165, 1.54) is 5.56 Å². The maximum Gasteiger partial charge on any atom is 0.0654 e. The Balaban J connectivity index is 2.56. The minimum absolute atomic E-state index is 0.307. The average Bonchev–Trinajstić information content (AvgIpc) is 2.21. The molecule has 0 saturated heterocycles. The molecule has 1 atom stereocenters. The van der Waals surface area contributed by atoms with E-state index in [2.05, 4.69) is 24.5 Å². The van der Waals surface area contributed by atoms with Crippen LogP contribution in [0.3, 0.4) is 0 Å². The first kappa shape index (κ1) is 10.2. The second-order valence-electron chi connectivity index (χ2n) is 2.92. The van der Waals surface area contributed by atoms with Crippen molar-refractivity contribution in [3.8, 4) is 0 Å². The number of nitrogens with one attached hydrogen (secondary N) is 1. The van der Waals surface area contributed by atoms with Crippen LogP contribution in [0.15, 0.2) is 30.3 Å². The van der Waals surface area contributed by atoms with Gasteiger partial charge in [0.15, 0.2) is 0 Å². The molecular formula is C11H17NO. The highest BCUT2D eigenvalue weighted by Gasteiger charge is 2.06. The van der Waals surface area contributed by atoms with E-state index in [9.17, 15) is 0 Å². The summed E-state index contributed by atoms with van der Waals surface area (Å²) in [6.45, 7) is 4.82. The Hall–Kier alpha value is -0.860. The predicted molar refractivity (Wildman–Crippen MR) is 54.2 cm³/mol. The Kier molecular flexibility index (Phi) is 4.50. The van der Waals surface area contributed by atoms with E-state index < -0.39 is 0 Å². The van der Waals surface area contributed by atoms with Gasteiger partial charge in [0.1, 0.15) is 0 Å². The zero-order valence-electron chi connectivity index (χ0n) is 8.29. The fourth-order valence-electron chi connectivity index (χ4n) is 1.26. The van der Waals surface area contributed by atoms with E-state index >= 15 is 0 Å². The van der Waals surface area contributed by atoms with Crippen LogP contribution in [-0.4, -0.2) is 6.61 Å². The third-order valence-electron chi connectivity index (χ3n) is 1.98. The van der Waals surface area contributed by atoms with Gasteiger partial charge in [-0.1, -0.05) is 37.3 Å². The fourth-order valence-corrected chi connectivity index (χ4v) is 1.26. The van der Waals surface area contributed by atoms with Crippen molar-refractivity contribution in [2.75, 3.05) is 6.61 Å². The number of rotatable bonds is 5. The lowest BCUT2D eigenvalue weighted by atomic mass is 10.1. The quantitative estimate of drug-likeness (QED) is 0.702. The average molecular weight is 179 g/mol. The number of hydrogen-bond acceptors (Lipinski definition) is 2. The van der Waals surface area contributed by atoms with Crippen LogP contribution >= 0.6 is 0 Å². The van der Waals surface area contributed by atoms with Crippen LogP contribution in [0.4, 0.5) is 0 Å². The highest BCUT2D eigenvalue weighted by atomic mass is 16.6. The van der Waals surface area contributed by atoms with Crippen LogP contribution in [0, 0.1) is 0 Å². The first-order chi connectivity index (χ1) is 6.38. The maximum atomic E-state index is 5.19. The molecule has 0 heterocycles. The molecule has 0 bridgehead atoms. The molecule has 0 amide bonds. The van der Waals surface area contributed by atoms with Crippen LogP contribution in [0.1, 0.15) is 31.9 Å². The summed E-state index contributed by atoms with van der Waals surface area (Å²) < 4.78 is 0. The molecule has 0 aliphatic carbocycles. The lowest BCUT2D eigenvalue weighted by Crippen LogP contribution is -2.20. The van der Waals surface area contributed by atoms with E-state index in [0.717, 1.165) is 6.42 Å². The van der Waals surface area contributed by atoms with Gasteiger partial charge in [0.05, 0.1) is 12.6 Å². The van der Waals surface area contributed by atoms with Crippen LogP contribution in [0.5, 0.6) is 0 Å². The summed E-state index contributed by atoms with van der Waals surface area (Å²) in [5.74, 6) is 0. The van der Waals surface area contributed by atoms with Gasteiger partial charge in [-0.25, -0.2) is 0 Å². The molecule has 0 aromatic heterocycles. The Morgan fingerprint density at radius 2 is 1.92 bits per heavy atom. The normalized spacial score (nSPS) is 12.8. The van der Waals surface area contributed by atoms with Crippen molar-refractivity contribution in [1.29, 1.82) is 0 Å². The molecule has 1 aromatic rings. The topological polar surface area (TPSA) is 21.3 Å². The molecule has 1 N–H and O–H groups in total. The van der Waals surface area contributed by atoms with E-state index in [-0.39, 0.29) is 0 Å². The summed E-state index contributed by atoms with van der Waals surface area (Å²) >= 11 is 0. The highest BCUT2D eigenvalue weighted by molar-refractivity contribution is 5.18. The smallest absolute Gasteiger partial charge is 0.0654 e. The summed E-state index contributed by atoms with van der Waals surface area (Å²) in [5.41, 5.74) is 4.31. The van der Waals surface area contributed by atoms with Gasteiger partial charge in [-0.15, -0.1) is 0 Å². The second kappa shape index (κ2) is 5.73. The SMILES string of the molecule is CCONC(CC)c1ccccc1. The predicted octanol–water partition coefficient (Wildman–Crippen LogP) is 2.68. The van der Waals surface area contributed by atoms with Crippen molar-refractivity contribution in [2.24, 2.45) is 0 Å². The molecule has 0 spiro atoms. The largest absolute Gasteiger partial charge is 0.302 e. The molecule has 0 fully saturated rings. The molecule has 1 rings (SSSR count). The molecule has 13 heavy (non-hydrogen) atoms. The molecule has 72 valence electrons. The van der Waals surface area contributed by atoms with E-state index in [1.807, 2.05) is 25.1 Å². The Morgan fingerprint density at radius 3 is 2.46 bits per heavy atom. The Morgan fingerprint density at radius 1 is 1.23 bits per heavy atom. The van der Waals surface area contributed by atoms with Crippen LogP contribution in [0.2, 0.25) is 0 Å². The van der Waals surface area contributed by atoms with E-state index in [1.54, 1.807) is 0 Å². The maximum absolute atomic E-state index is 5.19. The minimum Gasteiger partial charge on any atom is -0.302 e. The molecule has 0 aliphatic rings. The fraction of sp³-hybridized carbons (Fsp3) is 0.455. The minimum atomic E-state index is 0.307. The molecule has 0 saturated carbocycles. The van der Waals surface area contributed by atoms with Crippen molar-refractivity contribution in [3.05, 3.63) is 35.9 Å². The van der Waals surface area contributed by atoms with E-state index in [4.69, 9.17) is 4.84 Å². The lowest BCUT2D eigenvalue weighted by Gasteiger charge is -2.16. The van der Waals surface area contributed by atoms with Crippen molar-refractivity contribution in [3.63, 3.8) is 0 Å². The van der Waals surface area contributed by atoms with Gasteiger partial charge in [0, 0.05) is 0 Å². The molecule has 1 unspecified atom stereocenters. The monoisotopic (exact) mass is 179 g/mol. The van der Waals surface area contributed by atoms with Gasteiger partial charge in [0.2, 0.25) is 0 Å². The first-order valence-corrected chi connectivity index (χ1v) is 4.80. The standard InChI is InChI=1S/C11H17NO/c1-3-11(12-13-4-2)10-8-6-5-7-9-10/h5-9,11-12H,3-4H2,1-2H3.